The average molecular weight is 247 g/mol. The molecule has 0 aliphatic carbocycles. The van der Waals surface area contributed by atoms with Gasteiger partial charge in [-0.25, -0.2) is 0 Å². The maximum Gasteiger partial charge on any atom is 0.253 e. The van der Waals surface area contributed by atoms with E-state index in [1.54, 1.807) is 0 Å². The summed E-state index contributed by atoms with van der Waals surface area (Å²) in [6.07, 6.45) is 0. The van der Waals surface area contributed by atoms with Crippen LogP contribution in [0.2, 0.25) is 0 Å². The molecule has 0 saturated carbocycles. The highest BCUT2D eigenvalue weighted by Crippen LogP contribution is 2.12. The van der Waals surface area contributed by atoms with Gasteiger partial charge in [-0.3, -0.25) is 4.79 Å². The van der Waals surface area contributed by atoms with Crippen LogP contribution >= 0.6 is 0 Å². The second kappa shape index (κ2) is 5.87. The molecule has 1 N–H and O–H groups in total. The van der Waals surface area contributed by atoms with Gasteiger partial charge in [0.05, 0.1) is 0 Å². The van der Waals surface area contributed by atoms with Crippen LogP contribution in [0, 0.1) is 0 Å². The average Bonchev–Trinajstić information content (AvgIpc) is 2.40. The predicted octanol–water partition coefficient (Wildman–Crippen LogP) is 1.51. The molecule has 1 aliphatic heterocycles. The summed E-state index contributed by atoms with van der Waals surface area (Å²) >= 11 is 0. The highest BCUT2D eigenvalue weighted by molar-refractivity contribution is 5.94. The number of likely N-dealkylation sites (N-methyl/N-ethyl adjacent to an activating group) is 1. The Labute approximate surface area is 109 Å². The van der Waals surface area contributed by atoms with Gasteiger partial charge >= 0.3 is 0 Å². The van der Waals surface area contributed by atoms with Crippen LogP contribution in [-0.2, 0) is 0 Å². The highest BCUT2D eigenvalue weighted by Gasteiger charge is 2.19. The normalized spacial score (nSPS) is 16.7. The number of hydrogen-bond donors (Lipinski definition) is 1. The maximum atomic E-state index is 12.3. The predicted molar refractivity (Wildman–Crippen MR) is 74.0 cm³/mol. The van der Waals surface area contributed by atoms with Gasteiger partial charge in [-0.05, 0) is 38.2 Å². The topological polar surface area (TPSA) is 35.6 Å². The van der Waals surface area contributed by atoms with E-state index in [0.717, 1.165) is 44.0 Å². The van der Waals surface area contributed by atoms with Gasteiger partial charge in [0.2, 0.25) is 0 Å². The largest absolute Gasteiger partial charge is 0.385 e. The van der Waals surface area contributed by atoms with E-state index < -0.39 is 0 Å². The number of carbonyl (C=O) groups is 1. The molecule has 0 unspecified atom stereocenters. The second-order valence-electron chi connectivity index (χ2n) is 4.70. The molecule has 1 saturated heterocycles. The van der Waals surface area contributed by atoms with Crippen molar-refractivity contribution in [3.63, 3.8) is 0 Å². The summed E-state index contributed by atoms with van der Waals surface area (Å²) < 4.78 is 0. The Balaban J connectivity index is 2.00. The molecule has 4 nitrogen and oxygen atoms in total. The lowest BCUT2D eigenvalue weighted by Crippen LogP contribution is -2.47. The summed E-state index contributed by atoms with van der Waals surface area (Å²) in [4.78, 5) is 16.4. The van der Waals surface area contributed by atoms with Crippen molar-refractivity contribution in [2.45, 2.75) is 6.92 Å². The van der Waals surface area contributed by atoms with Crippen molar-refractivity contribution in [1.29, 1.82) is 0 Å². The molecule has 0 aromatic heterocycles. The molecule has 1 amide bonds. The Bertz CT molecular complexity index is 394. The van der Waals surface area contributed by atoms with Crippen molar-refractivity contribution in [2.24, 2.45) is 0 Å². The number of rotatable bonds is 3. The zero-order valence-corrected chi connectivity index (χ0v) is 11.1. The lowest BCUT2D eigenvalue weighted by molar-refractivity contribution is 0.0664. The second-order valence-corrected chi connectivity index (χ2v) is 4.70. The van der Waals surface area contributed by atoms with E-state index in [1.165, 1.54) is 0 Å². The molecule has 1 fully saturated rings. The monoisotopic (exact) mass is 247 g/mol. The Morgan fingerprint density at radius 3 is 2.33 bits per heavy atom. The van der Waals surface area contributed by atoms with Gasteiger partial charge in [-0.15, -0.1) is 0 Å². The molecule has 18 heavy (non-hydrogen) atoms. The Hall–Kier alpha value is -1.55. The van der Waals surface area contributed by atoms with Crippen molar-refractivity contribution in [3.8, 4) is 0 Å². The molecular weight excluding hydrogens is 226 g/mol. The van der Waals surface area contributed by atoms with Gasteiger partial charge in [-0.1, -0.05) is 0 Å². The van der Waals surface area contributed by atoms with E-state index in [2.05, 4.69) is 24.2 Å². The first kappa shape index (κ1) is 12.9. The van der Waals surface area contributed by atoms with Crippen LogP contribution < -0.4 is 5.32 Å². The minimum Gasteiger partial charge on any atom is -0.385 e. The van der Waals surface area contributed by atoms with Gasteiger partial charge in [0.15, 0.2) is 0 Å². The number of amides is 1. The third-order valence-electron chi connectivity index (χ3n) is 3.30. The van der Waals surface area contributed by atoms with E-state index in [0.29, 0.717) is 0 Å². The van der Waals surface area contributed by atoms with E-state index in [1.807, 2.05) is 29.2 Å². The van der Waals surface area contributed by atoms with Crippen LogP contribution in [0.4, 0.5) is 5.69 Å². The SMILES string of the molecule is CCNc1ccc(C(=O)N2CCN(C)CC2)cc1. The molecule has 0 spiro atoms. The fraction of sp³-hybridized carbons (Fsp3) is 0.500. The smallest absolute Gasteiger partial charge is 0.253 e. The fourth-order valence-electron chi connectivity index (χ4n) is 2.13. The van der Waals surface area contributed by atoms with Crippen LogP contribution in [0.25, 0.3) is 0 Å². The van der Waals surface area contributed by atoms with Crippen LogP contribution in [-0.4, -0.2) is 55.5 Å². The van der Waals surface area contributed by atoms with Gasteiger partial charge in [0.25, 0.3) is 5.91 Å². The quantitative estimate of drug-likeness (QED) is 0.879. The third-order valence-corrected chi connectivity index (χ3v) is 3.30. The summed E-state index contributed by atoms with van der Waals surface area (Å²) in [7, 11) is 2.09. The zero-order chi connectivity index (χ0) is 13.0. The molecule has 1 aromatic rings. The Morgan fingerprint density at radius 1 is 1.17 bits per heavy atom. The first-order valence-corrected chi connectivity index (χ1v) is 6.52. The summed E-state index contributed by atoms with van der Waals surface area (Å²) in [5, 5.41) is 3.23. The number of hydrogen-bond acceptors (Lipinski definition) is 3. The molecule has 1 aromatic carbocycles. The minimum atomic E-state index is 0.145. The first-order valence-electron chi connectivity index (χ1n) is 6.52. The maximum absolute atomic E-state index is 12.3. The van der Waals surface area contributed by atoms with Crippen molar-refractivity contribution in [3.05, 3.63) is 29.8 Å². The van der Waals surface area contributed by atoms with Crippen molar-refractivity contribution in [1.82, 2.24) is 9.80 Å². The van der Waals surface area contributed by atoms with Crippen LogP contribution in [0.5, 0.6) is 0 Å². The summed E-state index contributed by atoms with van der Waals surface area (Å²) in [6.45, 7) is 6.52. The Morgan fingerprint density at radius 2 is 1.78 bits per heavy atom. The molecular formula is C14H21N3O. The molecule has 1 heterocycles. The standard InChI is InChI=1S/C14H21N3O/c1-3-15-13-6-4-12(5-7-13)14(18)17-10-8-16(2)9-11-17/h4-7,15H,3,8-11H2,1-2H3. The molecule has 98 valence electrons. The molecule has 1 aliphatic rings. The summed E-state index contributed by atoms with van der Waals surface area (Å²) in [5.41, 5.74) is 1.84. The van der Waals surface area contributed by atoms with Crippen LogP contribution in [0.3, 0.4) is 0 Å². The van der Waals surface area contributed by atoms with E-state index in [9.17, 15) is 4.79 Å². The lowest BCUT2D eigenvalue weighted by Gasteiger charge is -2.32. The number of nitrogens with zero attached hydrogens (tertiary/aromatic N) is 2. The molecule has 2 rings (SSSR count). The van der Waals surface area contributed by atoms with E-state index in [-0.39, 0.29) is 5.91 Å². The van der Waals surface area contributed by atoms with Crippen molar-refractivity contribution < 1.29 is 4.79 Å². The first-order chi connectivity index (χ1) is 8.70. The number of anilines is 1. The van der Waals surface area contributed by atoms with Crippen LogP contribution in [0.15, 0.2) is 24.3 Å². The Kier molecular flexibility index (Phi) is 4.20. The van der Waals surface area contributed by atoms with Crippen molar-refractivity contribution in [2.75, 3.05) is 45.1 Å². The van der Waals surface area contributed by atoms with E-state index in [4.69, 9.17) is 0 Å². The van der Waals surface area contributed by atoms with Gasteiger partial charge in [0, 0.05) is 44.0 Å². The van der Waals surface area contributed by atoms with Gasteiger partial charge < -0.3 is 15.1 Å². The number of nitrogens with one attached hydrogen (secondary N) is 1. The number of benzene rings is 1. The highest BCUT2D eigenvalue weighted by atomic mass is 16.2. The molecule has 0 atom stereocenters. The summed E-state index contributed by atoms with van der Waals surface area (Å²) in [5.74, 6) is 0.145. The lowest BCUT2D eigenvalue weighted by atomic mass is 10.1. The van der Waals surface area contributed by atoms with Crippen molar-refractivity contribution >= 4 is 11.6 Å². The van der Waals surface area contributed by atoms with Gasteiger partial charge in [-0.2, -0.15) is 0 Å². The number of carbonyl (C=O) groups excluding carboxylic acids is 1. The number of piperazine rings is 1. The third kappa shape index (κ3) is 3.01. The molecule has 0 bridgehead atoms. The minimum absolute atomic E-state index is 0.145. The molecule has 0 radical (unpaired) electrons. The van der Waals surface area contributed by atoms with Crippen LogP contribution in [0.1, 0.15) is 17.3 Å². The molecule has 4 heteroatoms. The summed E-state index contributed by atoms with van der Waals surface area (Å²) in [6, 6.07) is 7.73. The fourth-order valence-corrected chi connectivity index (χ4v) is 2.13. The van der Waals surface area contributed by atoms with E-state index >= 15 is 0 Å². The zero-order valence-electron chi connectivity index (χ0n) is 11.1. The van der Waals surface area contributed by atoms with Gasteiger partial charge in [0.1, 0.15) is 0 Å².